The van der Waals surface area contributed by atoms with Gasteiger partial charge in [0, 0.05) is 37.1 Å². The van der Waals surface area contributed by atoms with Gasteiger partial charge in [-0.15, -0.1) is 5.92 Å². The third-order valence-corrected chi connectivity index (χ3v) is 4.73. The summed E-state index contributed by atoms with van der Waals surface area (Å²) in [6, 6.07) is 5.62. The lowest BCUT2D eigenvalue weighted by Crippen LogP contribution is -2.45. The number of rotatable bonds is 3. The van der Waals surface area contributed by atoms with Crippen LogP contribution in [-0.4, -0.2) is 49.3 Å². The predicted octanol–water partition coefficient (Wildman–Crippen LogP) is 1.97. The van der Waals surface area contributed by atoms with Crippen LogP contribution in [0, 0.1) is 17.3 Å². The van der Waals surface area contributed by atoms with Crippen molar-refractivity contribution in [2.75, 3.05) is 33.4 Å². The van der Waals surface area contributed by atoms with E-state index in [1.807, 2.05) is 25.1 Å². The fraction of sp³-hybridized carbons (Fsp3) is 0.500. The van der Waals surface area contributed by atoms with Crippen LogP contribution >= 0.6 is 0 Å². The fourth-order valence-electron chi connectivity index (χ4n) is 3.50. The van der Waals surface area contributed by atoms with E-state index in [4.69, 9.17) is 9.47 Å². The smallest absolute Gasteiger partial charge is 0.315 e. The Labute approximate surface area is 136 Å². The van der Waals surface area contributed by atoms with Crippen LogP contribution in [0.3, 0.4) is 0 Å². The first kappa shape index (κ1) is 15.7. The lowest BCUT2D eigenvalue weighted by molar-refractivity contribution is -0.151. The summed E-state index contributed by atoms with van der Waals surface area (Å²) in [5, 5.41) is 9.85. The monoisotopic (exact) mass is 315 g/mol. The molecule has 0 aromatic heterocycles. The van der Waals surface area contributed by atoms with E-state index in [2.05, 4.69) is 16.7 Å². The first-order valence-corrected chi connectivity index (χ1v) is 7.83. The SMILES string of the molecule is CCC#CCN1C[C@@H]2c3ccc(OC)cc3OC[C@]2(C(=O)O)C1. The minimum Gasteiger partial charge on any atom is -0.497 e. The molecule has 3 rings (SSSR count). The van der Waals surface area contributed by atoms with Crippen LogP contribution in [0.4, 0.5) is 0 Å². The summed E-state index contributed by atoms with van der Waals surface area (Å²) in [6.07, 6.45) is 0.813. The molecule has 1 N–H and O–H groups in total. The number of benzene rings is 1. The fourth-order valence-corrected chi connectivity index (χ4v) is 3.50. The standard InChI is InChI=1S/C18H21NO4/c1-3-4-5-8-19-10-15-14-7-6-13(22-2)9-16(14)23-12-18(15,11-19)17(20)21/h6-7,9,15H,3,8,10-12H2,1-2H3,(H,20,21)/t15-,18-/m1/s1. The predicted molar refractivity (Wildman–Crippen MR) is 85.8 cm³/mol. The van der Waals surface area contributed by atoms with E-state index in [1.54, 1.807) is 7.11 Å². The Morgan fingerprint density at radius 1 is 1.52 bits per heavy atom. The van der Waals surface area contributed by atoms with E-state index >= 15 is 0 Å². The summed E-state index contributed by atoms with van der Waals surface area (Å²) in [6.45, 7) is 3.95. The lowest BCUT2D eigenvalue weighted by Gasteiger charge is -2.36. The number of carboxylic acids is 1. The largest absolute Gasteiger partial charge is 0.497 e. The maximum atomic E-state index is 12.0. The molecule has 1 aromatic carbocycles. The zero-order valence-electron chi connectivity index (χ0n) is 13.5. The molecular formula is C18H21NO4. The minimum atomic E-state index is -0.893. The number of hydrogen-bond donors (Lipinski definition) is 1. The molecule has 5 nitrogen and oxygen atoms in total. The van der Waals surface area contributed by atoms with Gasteiger partial charge in [0.05, 0.1) is 13.7 Å². The summed E-state index contributed by atoms with van der Waals surface area (Å²) >= 11 is 0. The third-order valence-electron chi connectivity index (χ3n) is 4.73. The van der Waals surface area contributed by atoms with Crippen LogP contribution in [-0.2, 0) is 4.79 Å². The number of aliphatic carboxylic acids is 1. The molecule has 0 unspecified atom stereocenters. The molecular weight excluding hydrogens is 294 g/mol. The Kier molecular flexibility index (Phi) is 4.18. The van der Waals surface area contributed by atoms with Gasteiger partial charge >= 0.3 is 5.97 Å². The van der Waals surface area contributed by atoms with Gasteiger partial charge in [0.25, 0.3) is 0 Å². The Bertz CT molecular complexity index is 675. The van der Waals surface area contributed by atoms with Gasteiger partial charge < -0.3 is 14.6 Å². The summed E-state index contributed by atoms with van der Waals surface area (Å²) in [5.41, 5.74) is 0.0561. The third kappa shape index (κ3) is 2.64. The van der Waals surface area contributed by atoms with Crippen molar-refractivity contribution in [3.8, 4) is 23.3 Å². The maximum absolute atomic E-state index is 12.0. The van der Waals surface area contributed by atoms with Crippen molar-refractivity contribution in [2.45, 2.75) is 19.3 Å². The van der Waals surface area contributed by atoms with Crippen molar-refractivity contribution < 1.29 is 19.4 Å². The van der Waals surface area contributed by atoms with Crippen LogP contribution in [0.25, 0.3) is 0 Å². The van der Waals surface area contributed by atoms with Crippen molar-refractivity contribution in [3.63, 3.8) is 0 Å². The topological polar surface area (TPSA) is 59.0 Å². The maximum Gasteiger partial charge on any atom is 0.315 e. The first-order chi connectivity index (χ1) is 11.1. The van der Waals surface area contributed by atoms with Crippen molar-refractivity contribution >= 4 is 5.97 Å². The lowest BCUT2D eigenvalue weighted by atomic mass is 9.73. The average molecular weight is 315 g/mol. The Balaban J connectivity index is 1.93. The Morgan fingerprint density at radius 3 is 3.04 bits per heavy atom. The number of methoxy groups -OCH3 is 1. The second-order valence-corrected chi connectivity index (χ2v) is 6.08. The van der Waals surface area contributed by atoms with Crippen molar-refractivity contribution in [1.29, 1.82) is 0 Å². The molecule has 2 heterocycles. The Hall–Kier alpha value is -2.19. The first-order valence-electron chi connectivity index (χ1n) is 7.83. The summed E-state index contributed by atoms with van der Waals surface area (Å²) in [7, 11) is 1.61. The number of fused-ring (bicyclic) bond motifs is 3. The van der Waals surface area contributed by atoms with Crippen molar-refractivity contribution in [1.82, 2.24) is 4.90 Å². The average Bonchev–Trinajstić information content (AvgIpc) is 2.95. The summed E-state index contributed by atoms with van der Waals surface area (Å²) < 4.78 is 11.0. The second kappa shape index (κ2) is 6.13. The number of carboxylic acid groups (broad SMARTS) is 1. The molecule has 1 fully saturated rings. The molecule has 0 spiro atoms. The molecule has 0 amide bonds. The van der Waals surface area contributed by atoms with Gasteiger partial charge in [-0.25, -0.2) is 0 Å². The van der Waals surface area contributed by atoms with Crippen LogP contribution in [0.1, 0.15) is 24.8 Å². The molecule has 122 valence electrons. The van der Waals surface area contributed by atoms with Crippen molar-refractivity contribution in [2.24, 2.45) is 5.41 Å². The number of likely N-dealkylation sites (tertiary alicyclic amines) is 1. The van der Waals surface area contributed by atoms with Gasteiger partial charge in [0.1, 0.15) is 23.5 Å². The zero-order chi connectivity index (χ0) is 16.4. The molecule has 1 saturated heterocycles. The van der Waals surface area contributed by atoms with Gasteiger partial charge in [-0.1, -0.05) is 18.9 Å². The highest BCUT2D eigenvalue weighted by Gasteiger charge is 2.56. The van der Waals surface area contributed by atoms with E-state index in [0.717, 1.165) is 23.5 Å². The highest BCUT2D eigenvalue weighted by atomic mass is 16.5. The van der Waals surface area contributed by atoms with E-state index in [9.17, 15) is 9.90 Å². The number of carbonyl (C=O) groups is 1. The molecule has 0 bridgehead atoms. The summed E-state index contributed by atoms with van der Waals surface area (Å²) in [4.78, 5) is 14.1. The molecule has 23 heavy (non-hydrogen) atoms. The highest BCUT2D eigenvalue weighted by molar-refractivity contribution is 5.78. The van der Waals surface area contributed by atoms with E-state index in [0.29, 0.717) is 19.6 Å². The van der Waals surface area contributed by atoms with E-state index in [1.165, 1.54) is 0 Å². The molecule has 5 heteroatoms. The molecule has 0 radical (unpaired) electrons. The van der Waals surface area contributed by atoms with E-state index < -0.39 is 11.4 Å². The Morgan fingerprint density at radius 2 is 2.35 bits per heavy atom. The normalized spacial score (nSPS) is 25.6. The summed E-state index contributed by atoms with van der Waals surface area (Å²) in [5.74, 6) is 6.72. The highest BCUT2D eigenvalue weighted by Crippen LogP contribution is 2.50. The van der Waals surface area contributed by atoms with Gasteiger partial charge in [0.15, 0.2) is 0 Å². The molecule has 2 aliphatic rings. The van der Waals surface area contributed by atoms with Crippen LogP contribution in [0.5, 0.6) is 11.5 Å². The second-order valence-electron chi connectivity index (χ2n) is 6.08. The van der Waals surface area contributed by atoms with Gasteiger partial charge in [-0.3, -0.25) is 9.69 Å². The van der Waals surface area contributed by atoms with E-state index in [-0.39, 0.29) is 12.5 Å². The molecule has 2 aliphatic heterocycles. The molecule has 0 saturated carbocycles. The molecule has 1 aromatic rings. The van der Waals surface area contributed by atoms with Crippen LogP contribution < -0.4 is 9.47 Å². The molecule has 0 aliphatic carbocycles. The van der Waals surface area contributed by atoms with Gasteiger partial charge in [-0.05, 0) is 6.07 Å². The van der Waals surface area contributed by atoms with Crippen molar-refractivity contribution in [3.05, 3.63) is 23.8 Å². The minimum absolute atomic E-state index is 0.0851. The van der Waals surface area contributed by atoms with Crippen LogP contribution in [0.15, 0.2) is 18.2 Å². The zero-order valence-corrected chi connectivity index (χ0v) is 13.5. The number of nitrogens with zero attached hydrogens (tertiary/aromatic N) is 1. The molecule has 2 atom stereocenters. The van der Waals surface area contributed by atoms with Crippen LogP contribution in [0.2, 0.25) is 0 Å². The quantitative estimate of drug-likeness (QED) is 0.864. The van der Waals surface area contributed by atoms with Gasteiger partial charge in [0.2, 0.25) is 0 Å². The number of hydrogen-bond acceptors (Lipinski definition) is 4. The van der Waals surface area contributed by atoms with Gasteiger partial charge in [-0.2, -0.15) is 0 Å². The number of ether oxygens (including phenoxy) is 2.